The van der Waals surface area contributed by atoms with E-state index >= 15 is 0 Å². The Bertz CT molecular complexity index is 1210. The number of aromatic amines is 1. The standard InChI is InChI=1S/C24H21FN2O4/c1-15-24(31-19-8-5-7-17(12-19)29-2)23(27-26-15)20-11-10-18(13-22(20)28)30-14-16-6-3-4-9-21(16)25/h3-13,28H,14H2,1-2H3,(H,26,27). The number of rotatable bonds is 7. The SMILES string of the molecule is COc1cccc(Oc2c(-c3ccc(OCc4ccccc4F)cc3O)n[nH]c2C)c1. The number of benzene rings is 3. The van der Waals surface area contributed by atoms with Crippen LogP contribution in [0.3, 0.4) is 0 Å². The zero-order chi connectivity index (χ0) is 21.8. The summed E-state index contributed by atoms with van der Waals surface area (Å²) in [5.74, 6) is 1.77. The van der Waals surface area contributed by atoms with Gasteiger partial charge in [-0.1, -0.05) is 24.3 Å². The molecule has 0 spiro atoms. The number of aryl methyl sites for hydroxylation is 1. The molecule has 4 rings (SSSR count). The van der Waals surface area contributed by atoms with Crippen molar-refractivity contribution in [3.05, 3.63) is 83.8 Å². The van der Waals surface area contributed by atoms with Gasteiger partial charge < -0.3 is 19.3 Å². The molecule has 0 amide bonds. The minimum absolute atomic E-state index is 0.0342. The van der Waals surface area contributed by atoms with Gasteiger partial charge in [0.05, 0.1) is 12.8 Å². The number of H-pyrrole nitrogens is 1. The Labute approximate surface area is 178 Å². The maximum Gasteiger partial charge on any atom is 0.176 e. The van der Waals surface area contributed by atoms with Gasteiger partial charge in [0.1, 0.15) is 41.1 Å². The molecule has 158 valence electrons. The van der Waals surface area contributed by atoms with E-state index in [2.05, 4.69) is 10.2 Å². The number of hydrogen-bond donors (Lipinski definition) is 2. The number of nitrogens with one attached hydrogen (secondary N) is 1. The second-order valence-electron chi connectivity index (χ2n) is 6.87. The van der Waals surface area contributed by atoms with E-state index in [1.165, 1.54) is 12.1 Å². The molecule has 4 aromatic rings. The summed E-state index contributed by atoms with van der Waals surface area (Å²) >= 11 is 0. The van der Waals surface area contributed by atoms with Crippen LogP contribution >= 0.6 is 0 Å². The number of ether oxygens (including phenoxy) is 3. The van der Waals surface area contributed by atoms with Crippen LogP contribution in [0.5, 0.6) is 28.7 Å². The Hall–Kier alpha value is -4.00. The highest BCUT2D eigenvalue weighted by Gasteiger charge is 2.18. The van der Waals surface area contributed by atoms with Gasteiger partial charge >= 0.3 is 0 Å². The Morgan fingerprint density at radius 1 is 0.968 bits per heavy atom. The zero-order valence-electron chi connectivity index (χ0n) is 17.1. The monoisotopic (exact) mass is 420 g/mol. The number of hydrogen-bond acceptors (Lipinski definition) is 5. The highest BCUT2D eigenvalue weighted by molar-refractivity contribution is 5.74. The van der Waals surface area contributed by atoms with Crippen LogP contribution in [0.4, 0.5) is 4.39 Å². The van der Waals surface area contributed by atoms with Crippen molar-refractivity contribution >= 4 is 0 Å². The minimum Gasteiger partial charge on any atom is -0.507 e. The second kappa shape index (κ2) is 8.79. The first-order chi connectivity index (χ1) is 15.0. The van der Waals surface area contributed by atoms with Crippen LogP contribution in [0.15, 0.2) is 66.7 Å². The highest BCUT2D eigenvalue weighted by atomic mass is 19.1. The van der Waals surface area contributed by atoms with Crippen molar-refractivity contribution in [2.24, 2.45) is 0 Å². The van der Waals surface area contributed by atoms with E-state index in [0.29, 0.717) is 45.5 Å². The molecule has 0 fully saturated rings. The lowest BCUT2D eigenvalue weighted by Gasteiger charge is -2.11. The summed E-state index contributed by atoms with van der Waals surface area (Å²) in [4.78, 5) is 0. The predicted molar refractivity (Wildman–Crippen MR) is 114 cm³/mol. The van der Waals surface area contributed by atoms with Gasteiger partial charge in [0.2, 0.25) is 0 Å². The van der Waals surface area contributed by atoms with Crippen LogP contribution in [-0.4, -0.2) is 22.4 Å². The Kier molecular flexibility index (Phi) is 5.75. The van der Waals surface area contributed by atoms with Crippen LogP contribution in [0, 0.1) is 12.7 Å². The second-order valence-corrected chi connectivity index (χ2v) is 6.87. The molecule has 0 aliphatic heterocycles. The molecule has 2 N–H and O–H groups in total. The molecule has 3 aromatic carbocycles. The van der Waals surface area contributed by atoms with Gasteiger partial charge in [-0.25, -0.2) is 4.39 Å². The Morgan fingerprint density at radius 3 is 2.55 bits per heavy atom. The van der Waals surface area contributed by atoms with E-state index in [1.54, 1.807) is 49.6 Å². The van der Waals surface area contributed by atoms with Crippen molar-refractivity contribution in [3.8, 4) is 40.0 Å². The lowest BCUT2D eigenvalue weighted by Crippen LogP contribution is -1.98. The number of methoxy groups -OCH3 is 1. The first-order valence-corrected chi connectivity index (χ1v) is 9.61. The topological polar surface area (TPSA) is 76.6 Å². The van der Waals surface area contributed by atoms with Crippen LogP contribution < -0.4 is 14.2 Å². The van der Waals surface area contributed by atoms with Gasteiger partial charge in [-0.15, -0.1) is 0 Å². The van der Waals surface area contributed by atoms with Gasteiger partial charge in [0, 0.05) is 23.3 Å². The van der Waals surface area contributed by atoms with Crippen molar-refractivity contribution in [3.63, 3.8) is 0 Å². The number of halogens is 1. The normalized spacial score (nSPS) is 10.7. The third-order valence-electron chi connectivity index (χ3n) is 4.73. The number of aromatic hydroxyl groups is 1. The van der Waals surface area contributed by atoms with Crippen molar-refractivity contribution in [2.45, 2.75) is 13.5 Å². The maximum absolute atomic E-state index is 13.8. The van der Waals surface area contributed by atoms with Crippen molar-refractivity contribution < 1.29 is 23.7 Å². The molecule has 0 aliphatic rings. The van der Waals surface area contributed by atoms with Gasteiger partial charge in [0.25, 0.3) is 0 Å². The molecule has 0 atom stereocenters. The first-order valence-electron chi connectivity index (χ1n) is 9.61. The molecule has 0 saturated heterocycles. The van der Waals surface area contributed by atoms with E-state index < -0.39 is 0 Å². The molecule has 1 aromatic heterocycles. The van der Waals surface area contributed by atoms with Crippen molar-refractivity contribution in [1.82, 2.24) is 10.2 Å². The average Bonchev–Trinajstić information content (AvgIpc) is 3.13. The summed E-state index contributed by atoms with van der Waals surface area (Å²) in [6, 6.07) is 18.4. The van der Waals surface area contributed by atoms with Crippen LogP contribution in [0.25, 0.3) is 11.3 Å². The van der Waals surface area contributed by atoms with Gasteiger partial charge in [-0.05, 0) is 37.3 Å². The van der Waals surface area contributed by atoms with Gasteiger partial charge in [0.15, 0.2) is 5.75 Å². The molecule has 1 heterocycles. The van der Waals surface area contributed by atoms with E-state index in [-0.39, 0.29) is 18.2 Å². The van der Waals surface area contributed by atoms with Crippen LogP contribution in [0.2, 0.25) is 0 Å². The van der Waals surface area contributed by atoms with Crippen LogP contribution in [0.1, 0.15) is 11.3 Å². The summed E-state index contributed by atoms with van der Waals surface area (Å²) in [5, 5.41) is 17.8. The van der Waals surface area contributed by atoms with E-state index in [0.717, 1.165) is 0 Å². The van der Waals surface area contributed by atoms with Crippen molar-refractivity contribution in [1.29, 1.82) is 0 Å². The molecule has 0 radical (unpaired) electrons. The molecule has 7 heteroatoms. The van der Waals surface area contributed by atoms with Gasteiger partial charge in [-0.3, -0.25) is 5.10 Å². The fraction of sp³-hybridized carbons (Fsp3) is 0.125. The van der Waals surface area contributed by atoms with Crippen LogP contribution in [-0.2, 0) is 6.61 Å². The molecule has 0 aliphatic carbocycles. The first kappa shape index (κ1) is 20.3. The third kappa shape index (κ3) is 4.45. The smallest absolute Gasteiger partial charge is 0.176 e. The number of nitrogens with zero attached hydrogens (tertiary/aromatic N) is 1. The average molecular weight is 420 g/mol. The molecular weight excluding hydrogens is 399 g/mol. The van der Waals surface area contributed by atoms with E-state index in [9.17, 15) is 9.50 Å². The van der Waals surface area contributed by atoms with E-state index in [1.807, 2.05) is 19.1 Å². The quantitative estimate of drug-likeness (QED) is 0.406. The maximum atomic E-state index is 13.8. The number of phenolic OH excluding ortho intramolecular Hbond substituents is 1. The molecule has 0 saturated carbocycles. The Balaban J connectivity index is 1.57. The summed E-state index contributed by atoms with van der Waals surface area (Å²) in [6.07, 6.45) is 0. The number of aromatic nitrogens is 2. The minimum atomic E-state index is -0.338. The van der Waals surface area contributed by atoms with Gasteiger partial charge in [-0.2, -0.15) is 5.10 Å². The lowest BCUT2D eigenvalue weighted by atomic mass is 10.1. The highest BCUT2D eigenvalue weighted by Crippen LogP contribution is 2.40. The fourth-order valence-electron chi connectivity index (χ4n) is 3.09. The number of phenols is 1. The third-order valence-corrected chi connectivity index (χ3v) is 4.73. The Morgan fingerprint density at radius 2 is 1.77 bits per heavy atom. The fourth-order valence-corrected chi connectivity index (χ4v) is 3.09. The predicted octanol–water partition coefficient (Wildman–Crippen LogP) is 5.61. The molecule has 31 heavy (non-hydrogen) atoms. The largest absolute Gasteiger partial charge is 0.507 e. The molecule has 0 unspecified atom stereocenters. The molecular formula is C24H21FN2O4. The summed E-state index contributed by atoms with van der Waals surface area (Å²) in [6.45, 7) is 1.88. The molecule has 6 nitrogen and oxygen atoms in total. The summed E-state index contributed by atoms with van der Waals surface area (Å²) in [5.41, 5.74) is 2.07. The lowest BCUT2D eigenvalue weighted by molar-refractivity contribution is 0.298. The zero-order valence-corrected chi connectivity index (χ0v) is 17.1. The summed E-state index contributed by atoms with van der Waals surface area (Å²) < 4.78 is 30.7. The van der Waals surface area contributed by atoms with Crippen molar-refractivity contribution in [2.75, 3.05) is 7.11 Å². The summed E-state index contributed by atoms with van der Waals surface area (Å²) in [7, 11) is 1.58. The molecule has 0 bridgehead atoms. The van der Waals surface area contributed by atoms with E-state index in [4.69, 9.17) is 14.2 Å².